The van der Waals surface area contributed by atoms with Crippen molar-refractivity contribution in [2.45, 2.75) is 151 Å². The highest BCUT2D eigenvalue weighted by Gasteiger charge is 2.36. The van der Waals surface area contributed by atoms with E-state index in [4.69, 9.17) is 34.4 Å². The van der Waals surface area contributed by atoms with Gasteiger partial charge in [0.1, 0.15) is 66.2 Å². The molecule has 11 atom stereocenters. The third-order valence-corrected chi connectivity index (χ3v) is 15.6. The monoisotopic (exact) mass is 1330 g/mol. The number of unbranched alkanes of at least 4 members (excludes halogenated alkanes) is 1. The van der Waals surface area contributed by atoms with Crippen LogP contribution in [-0.2, 0) is 73.5 Å². The molecule has 0 radical (unpaired) electrons. The number of aromatic hydroxyl groups is 1. The number of nitrogens with one attached hydrogen (secondary N) is 11. The number of aliphatic hydroxyl groups excluding tert-OH is 2. The Bertz CT molecular complexity index is 2730. The standard InChI is InChI=1S/C53H86N18O18S2/c1-25(2)17-33-47(83)69-37(22-73)51(87)70-36(21-72)50(86)65-31(8-6-16-60-53(58)59)44(80)62-26(3)42(78)61-20-41(77)63-30(7-4-5-15-54)45(81)71-38(52(88)89)24-91-90-23-29(55)43(79)64-32(13-14-39(56)75)46(82)67-34(18-27-9-11-28(74)12-10-27)48(84)68-35(19-40(57)76)49(85)66-33/h9-12,25-26,29-38,72-74H,4-8,13-24,54-55H2,1-3H3,(H2,56,75)(H2,57,76)(H,61,78)(H,62,80)(H,63,77)(H,64,79)(H,65,86)(H,66,85)(H,67,82)(H,68,84)(H,69,83)(H,70,87)(H,71,81)(H,88,89)(H4,58,59,60)/t26-,29-,30-,31-,32-,33-,34-,35-,36-,37-,38?/m0/s1. The predicted molar refractivity (Wildman–Crippen MR) is 329 cm³/mol. The van der Waals surface area contributed by atoms with Crippen molar-refractivity contribution in [1.82, 2.24) is 58.5 Å². The second-order valence-corrected chi connectivity index (χ2v) is 23.9. The minimum absolute atomic E-state index is 0.0241. The van der Waals surface area contributed by atoms with Crippen molar-refractivity contribution in [3.05, 3.63) is 29.8 Å². The van der Waals surface area contributed by atoms with Crippen LogP contribution in [0.4, 0.5) is 0 Å². The predicted octanol–water partition coefficient (Wildman–Crippen LogP) is -8.92. The lowest BCUT2D eigenvalue weighted by molar-refractivity contribution is -0.141. The van der Waals surface area contributed by atoms with Crippen LogP contribution < -0.4 is 92.9 Å². The maximum absolute atomic E-state index is 14.3. The van der Waals surface area contributed by atoms with Gasteiger partial charge in [-0.3, -0.25) is 67.3 Å². The van der Waals surface area contributed by atoms with Gasteiger partial charge in [-0.2, -0.15) is 0 Å². The maximum Gasteiger partial charge on any atom is 0.327 e. The number of guanidine groups is 1. The smallest absolute Gasteiger partial charge is 0.327 e. The molecular weight excluding hydrogens is 1240 g/mol. The molecule has 38 heteroatoms. The summed E-state index contributed by atoms with van der Waals surface area (Å²) in [6.45, 7) is 1.55. The number of phenolic OH excluding ortho intramolecular Hbond substituents is 1. The van der Waals surface area contributed by atoms with Gasteiger partial charge in [0.25, 0.3) is 0 Å². The van der Waals surface area contributed by atoms with E-state index < -0.39 is 201 Å². The number of carboxylic acids is 1. The van der Waals surface area contributed by atoms with Gasteiger partial charge in [-0.1, -0.05) is 47.6 Å². The molecule has 0 saturated carbocycles. The molecule has 1 unspecified atom stereocenters. The Labute approximate surface area is 531 Å². The molecule has 13 amide bonds. The fraction of sp³-hybridized carbons (Fsp3) is 0.604. The SMILES string of the molecule is CC(C)C[C@@H]1NC(=O)[C@H](CC(N)=O)NC(=O)[C@H](Cc2ccc(O)cc2)NC(=O)[C@H](CCC(N)=O)NC(=O)[C@@H](N)CSSCC(C(=O)O)NC(=O)[C@H](CCCCN)NC(=O)CNC(=O)[C@H](C)NC(=O)[C@H](CCCN=C(N)N)NC(=O)[C@H](CO)NC(=O)[C@H](CO)NC1=O. The van der Waals surface area contributed by atoms with E-state index in [1.165, 1.54) is 31.2 Å². The highest BCUT2D eigenvalue weighted by atomic mass is 33.1. The van der Waals surface area contributed by atoms with Crippen LogP contribution in [0.3, 0.4) is 0 Å². The highest BCUT2D eigenvalue weighted by molar-refractivity contribution is 8.76. The number of hydrogen-bond donors (Lipinski definition) is 21. The number of aliphatic hydroxyl groups is 2. The number of amides is 13. The number of primary amides is 2. The number of benzene rings is 1. The summed E-state index contributed by atoms with van der Waals surface area (Å²) in [7, 11) is 1.75. The zero-order valence-corrected chi connectivity index (χ0v) is 52.1. The molecule has 1 saturated heterocycles. The van der Waals surface area contributed by atoms with Crippen LogP contribution in [0.5, 0.6) is 5.75 Å². The Morgan fingerprint density at radius 1 is 0.571 bits per heavy atom. The van der Waals surface area contributed by atoms with Crippen molar-refractivity contribution in [2.24, 2.45) is 45.3 Å². The van der Waals surface area contributed by atoms with Crippen molar-refractivity contribution >= 4 is 110 Å². The zero-order valence-electron chi connectivity index (χ0n) is 50.5. The molecule has 0 bridgehead atoms. The molecule has 27 N–H and O–H groups in total. The number of carbonyl (C=O) groups is 14. The summed E-state index contributed by atoms with van der Waals surface area (Å²) in [5, 5.41) is 66.5. The second-order valence-electron chi connectivity index (χ2n) is 21.3. The summed E-state index contributed by atoms with van der Waals surface area (Å²) in [5.74, 6) is -16.9. The van der Waals surface area contributed by atoms with Gasteiger partial charge in [0.15, 0.2) is 5.96 Å². The number of hydrogen-bond acceptors (Lipinski definition) is 22. The van der Waals surface area contributed by atoms with E-state index in [-0.39, 0.29) is 68.4 Å². The third-order valence-electron chi connectivity index (χ3n) is 13.2. The first-order chi connectivity index (χ1) is 42.9. The minimum atomic E-state index is -1.91. The minimum Gasteiger partial charge on any atom is -0.508 e. The van der Waals surface area contributed by atoms with Crippen molar-refractivity contribution in [3.63, 3.8) is 0 Å². The largest absolute Gasteiger partial charge is 0.508 e. The summed E-state index contributed by atoms with van der Waals surface area (Å²) in [4.78, 5) is 192. The van der Waals surface area contributed by atoms with Crippen LogP contribution in [-0.4, -0.2) is 220 Å². The Hall–Kier alpha value is -8.59. The molecule has 0 spiro atoms. The van der Waals surface area contributed by atoms with E-state index >= 15 is 0 Å². The number of phenols is 1. The number of aliphatic carboxylic acids is 1. The van der Waals surface area contributed by atoms with E-state index in [0.29, 0.717) is 12.0 Å². The van der Waals surface area contributed by atoms with E-state index in [2.05, 4.69) is 63.5 Å². The Balaban J connectivity index is 2.71. The van der Waals surface area contributed by atoms with E-state index in [1.807, 2.05) is 0 Å². The summed E-state index contributed by atoms with van der Waals surface area (Å²) < 4.78 is 0. The van der Waals surface area contributed by atoms with Gasteiger partial charge in [0.05, 0.1) is 32.2 Å². The number of nitrogens with two attached hydrogens (primary N) is 6. The first kappa shape index (κ1) is 78.5. The van der Waals surface area contributed by atoms with Gasteiger partial charge >= 0.3 is 5.97 Å². The van der Waals surface area contributed by atoms with Gasteiger partial charge in [0, 0.05) is 30.9 Å². The van der Waals surface area contributed by atoms with Crippen LogP contribution in [0.25, 0.3) is 0 Å². The number of aliphatic imine (C=N–C) groups is 1. The van der Waals surface area contributed by atoms with E-state index in [1.54, 1.807) is 13.8 Å². The summed E-state index contributed by atoms with van der Waals surface area (Å²) in [5.41, 5.74) is 33.9. The van der Waals surface area contributed by atoms with Gasteiger partial charge < -0.3 is 113 Å². The number of carbonyl (C=O) groups excluding carboxylic acids is 13. The lowest BCUT2D eigenvalue weighted by Crippen LogP contribution is -2.61. The number of nitrogens with zero attached hydrogens (tertiary/aromatic N) is 1. The molecule has 91 heavy (non-hydrogen) atoms. The fourth-order valence-electron chi connectivity index (χ4n) is 8.29. The van der Waals surface area contributed by atoms with Crippen LogP contribution in [0.15, 0.2) is 29.3 Å². The Morgan fingerprint density at radius 2 is 1.04 bits per heavy atom. The average molecular weight is 1330 g/mol. The van der Waals surface area contributed by atoms with Crippen LogP contribution >= 0.6 is 21.6 Å². The highest BCUT2D eigenvalue weighted by Crippen LogP contribution is 2.23. The molecule has 1 aliphatic rings. The normalized spacial score (nSPS) is 25.1. The average Bonchev–Trinajstić information content (AvgIpc) is 1.55. The molecule has 1 aromatic carbocycles. The summed E-state index contributed by atoms with van der Waals surface area (Å²) in [6, 6.07) is -12.8. The summed E-state index contributed by atoms with van der Waals surface area (Å²) >= 11 is 0. The van der Waals surface area contributed by atoms with Crippen LogP contribution in [0, 0.1) is 5.92 Å². The molecule has 508 valence electrons. The van der Waals surface area contributed by atoms with E-state index in [0.717, 1.165) is 21.6 Å². The topological polar surface area (TPSA) is 621 Å². The van der Waals surface area contributed by atoms with Gasteiger partial charge in [-0.05, 0) is 82.0 Å². The van der Waals surface area contributed by atoms with Crippen LogP contribution in [0.1, 0.15) is 84.1 Å². The quantitative estimate of drug-likeness (QED) is 0.0249. The number of rotatable bonds is 20. The Kier molecular flexibility index (Phi) is 35.3. The zero-order chi connectivity index (χ0) is 68.5. The lowest BCUT2D eigenvalue weighted by Gasteiger charge is -2.28. The van der Waals surface area contributed by atoms with Crippen molar-refractivity contribution < 1.29 is 87.5 Å². The second kappa shape index (κ2) is 40.9. The fourth-order valence-corrected chi connectivity index (χ4v) is 10.6. The molecular formula is C53H86N18O18S2. The van der Waals surface area contributed by atoms with Crippen molar-refractivity contribution in [3.8, 4) is 5.75 Å². The first-order valence-electron chi connectivity index (χ1n) is 28.7. The molecule has 2 rings (SSSR count). The first-order valence-corrected chi connectivity index (χ1v) is 31.2. The molecule has 1 aliphatic heterocycles. The molecule has 0 aromatic heterocycles. The Morgan fingerprint density at radius 3 is 1.60 bits per heavy atom. The molecule has 1 aromatic rings. The van der Waals surface area contributed by atoms with Gasteiger partial charge in [-0.25, -0.2) is 4.79 Å². The van der Waals surface area contributed by atoms with Gasteiger partial charge in [0.2, 0.25) is 76.8 Å². The molecule has 1 heterocycles. The summed E-state index contributed by atoms with van der Waals surface area (Å²) in [6.07, 6.45) is -2.03. The molecule has 36 nitrogen and oxygen atoms in total. The maximum atomic E-state index is 14.3. The van der Waals surface area contributed by atoms with Crippen molar-refractivity contribution in [1.29, 1.82) is 0 Å². The van der Waals surface area contributed by atoms with Gasteiger partial charge in [-0.15, -0.1) is 0 Å². The van der Waals surface area contributed by atoms with Crippen LogP contribution in [0.2, 0.25) is 0 Å². The number of carboxylic acid groups (broad SMARTS) is 1. The third kappa shape index (κ3) is 30.2. The lowest BCUT2D eigenvalue weighted by atomic mass is 10.0. The van der Waals surface area contributed by atoms with E-state index in [9.17, 15) is 87.5 Å². The van der Waals surface area contributed by atoms with Crippen molar-refractivity contribution in [2.75, 3.05) is 44.4 Å². The molecule has 1 fully saturated rings. The molecule has 0 aliphatic carbocycles.